The van der Waals surface area contributed by atoms with Crippen LogP contribution in [0, 0.1) is 0 Å². The van der Waals surface area contributed by atoms with Crippen LogP contribution in [0.2, 0.25) is 0 Å². The lowest BCUT2D eigenvalue weighted by Gasteiger charge is -2.40. The van der Waals surface area contributed by atoms with E-state index >= 15 is 0 Å². The summed E-state index contributed by atoms with van der Waals surface area (Å²) in [5.41, 5.74) is 1.48. The summed E-state index contributed by atoms with van der Waals surface area (Å²) in [5, 5.41) is 6.49. The zero-order valence-corrected chi connectivity index (χ0v) is 19.5. The minimum absolute atomic E-state index is 0.154. The summed E-state index contributed by atoms with van der Waals surface area (Å²) in [6, 6.07) is 17.5. The molecule has 1 saturated carbocycles. The number of para-hydroxylation sites is 1. The van der Waals surface area contributed by atoms with Crippen molar-refractivity contribution >= 4 is 28.9 Å². The number of hydrogen-bond acceptors (Lipinski definition) is 6. The fraction of sp³-hybridized carbons (Fsp3) is 0.400. The molecular weight excluding hydrogens is 438 g/mol. The van der Waals surface area contributed by atoms with Gasteiger partial charge in [-0.25, -0.2) is 4.79 Å². The quantitative estimate of drug-likeness (QED) is 0.667. The second kappa shape index (κ2) is 10.7. The zero-order valence-electron chi connectivity index (χ0n) is 18.7. The first-order chi connectivity index (χ1) is 16.1. The molecule has 1 heterocycles. The smallest absolute Gasteiger partial charge is 0.413 e. The summed E-state index contributed by atoms with van der Waals surface area (Å²) in [6.45, 7) is 1.23. The Bertz CT molecular complexity index is 1000. The maximum Gasteiger partial charge on any atom is 0.413 e. The molecular formula is C25H29N3O4S. The van der Waals surface area contributed by atoms with Crippen LogP contribution < -0.4 is 15.4 Å². The lowest BCUT2D eigenvalue weighted by Crippen LogP contribution is -2.45. The van der Waals surface area contributed by atoms with Crippen molar-refractivity contribution in [2.45, 2.75) is 37.2 Å². The molecule has 0 saturated heterocycles. The SMILES string of the molecule is COc1ccccc1C(=O)NCC1(c2ccccc2)CCC(OC(=O)NC2=NCCS2)CC1. The van der Waals surface area contributed by atoms with Gasteiger partial charge in [0, 0.05) is 17.7 Å². The third-order valence-corrected chi connectivity index (χ3v) is 7.17. The average molecular weight is 468 g/mol. The second-order valence-electron chi connectivity index (χ2n) is 8.29. The van der Waals surface area contributed by atoms with Crippen LogP contribution >= 0.6 is 11.8 Å². The highest BCUT2D eigenvalue weighted by Gasteiger charge is 2.38. The molecule has 8 heteroatoms. The minimum Gasteiger partial charge on any atom is -0.496 e. The number of methoxy groups -OCH3 is 1. The van der Waals surface area contributed by atoms with E-state index in [-0.39, 0.29) is 17.4 Å². The predicted octanol–water partition coefficient (Wildman–Crippen LogP) is 4.13. The van der Waals surface area contributed by atoms with Gasteiger partial charge in [0.15, 0.2) is 5.17 Å². The van der Waals surface area contributed by atoms with Crippen LogP contribution in [0.1, 0.15) is 41.6 Å². The first-order valence-corrected chi connectivity index (χ1v) is 12.2. The standard InChI is InChI=1S/C25H29N3O4S/c1-31-21-10-6-5-9-20(21)22(29)27-17-25(18-7-3-2-4-8-18)13-11-19(12-14-25)32-24(30)28-23-26-15-16-33-23/h2-10,19H,11-17H2,1H3,(H,27,29)(H,26,28,30). The fourth-order valence-electron chi connectivity index (χ4n) is 4.48. The molecule has 2 aromatic carbocycles. The molecule has 2 amide bonds. The number of alkyl carbamates (subject to hydrolysis) is 1. The maximum absolute atomic E-state index is 12.9. The summed E-state index contributed by atoms with van der Waals surface area (Å²) in [6.07, 6.45) is 2.47. The van der Waals surface area contributed by atoms with Crippen LogP contribution in [0.15, 0.2) is 59.6 Å². The molecule has 7 nitrogen and oxygen atoms in total. The van der Waals surface area contributed by atoms with E-state index in [1.807, 2.05) is 30.3 Å². The molecule has 2 aliphatic rings. The summed E-state index contributed by atoms with van der Waals surface area (Å²) < 4.78 is 11.0. The predicted molar refractivity (Wildman–Crippen MR) is 130 cm³/mol. The monoisotopic (exact) mass is 467 g/mol. The molecule has 2 aromatic rings. The van der Waals surface area contributed by atoms with Gasteiger partial charge in [-0.15, -0.1) is 0 Å². The summed E-state index contributed by atoms with van der Waals surface area (Å²) >= 11 is 1.53. The van der Waals surface area contributed by atoms with E-state index in [1.54, 1.807) is 19.2 Å². The number of rotatable bonds is 6. The van der Waals surface area contributed by atoms with Gasteiger partial charge in [-0.3, -0.25) is 15.1 Å². The van der Waals surface area contributed by atoms with Crippen molar-refractivity contribution in [2.75, 3.05) is 26.0 Å². The largest absolute Gasteiger partial charge is 0.496 e. The van der Waals surface area contributed by atoms with Crippen molar-refractivity contribution in [3.63, 3.8) is 0 Å². The fourth-order valence-corrected chi connectivity index (χ4v) is 5.19. The molecule has 0 atom stereocenters. The number of amidine groups is 1. The summed E-state index contributed by atoms with van der Waals surface area (Å²) in [4.78, 5) is 29.4. The molecule has 0 bridgehead atoms. The topological polar surface area (TPSA) is 89.0 Å². The van der Waals surface area contributed by atoms with Crippen LogP contribution in [0.25, 0.3) is 0 Å². The number of hydrogen-bond donors (Lipinski definition) is 2. The number of ether oxygens (including phenoxy) is 2. The van der Waals surface area contributed by atoms with Crippen molar-refractivity contribution in [2.24, 2.45) is 4.99 Å². The minimum atomic E-state index is -0.440. The number of carbonyl (C=O) groups is 2. The molecule has 1 aliphatic heterocycles. The van der Waals surface area contributed by atoms with E-state index in [4.69, 9.17) is 9.47 Å². The molecule has 0 aromatic heterocycles. The van der Waals surface area contributed by atoms with Gasteiger partial charge in [0.2, 0.25) is 0 Å². The van der Waals surface area contributed by atoms with Gasteiger partial charge in [0.05, 0.1) is 19.2 Å². The number of benzene rings is 2. The highest BCUT2D eigenvalue weighted by atomic mass is 32.2. The number of carbonyl (C=O) groups excluding carboxylic acids is 2. The van der Waals surface area contributed by atoms with Gasteiger partial charge in [-0.1, -0.05) is 54.2 Å². The van der Waals surface area contributed by atoms with Crippen molar-refractivity contribution in [1.82, 2.24) is 10.6 Å². The molecule has 0 radical (unpaired) electrons. The number of thioether (sulfide) groups is 1. The third kappa shape index (κ3) is 5.68. The Hall–Kier alpha value is -3.00. The highest BCUT2D eigenvalue weighted by Crippen LogP contribution is 2.40. The van der Waals surface area contributed by atoms with E-state index in [0.717, 1.165) is 38.0 Å². The maximum atomic E-state index is 12.9. The summed E-state index contributed by atoms with van der Waals surface area (Å²) in [7, 11) is 1.56. The lowest BCUT2D eigenvalue weighted by molar-refractivity contribution is 0.0594. The van der Waals surface area contributed by atoms with E-state index in [2.05, 4.69) is 27.8 Å². The molecule has 1 fully saturated rings. The summed E-state index contributed by atoms with van der Waals surface area (Å²) in [5.74, 6) is 1.28. The van der Waals surface area contributed by atoms with Gasteiger partial charge in [-0.05, 0) is 43.4 Å². The van der Waals surface area contributed by atoms with Crippen LogP contribution in [-0.4, -0.2) is 49.2 Å². The normalized spacial score (nSPS) is 22.2. The van der Waals surface area contributed by atoms with Crippen molar-refractivity contribution in [3.8, 4) is 5.75 Å². The van der Waals surface area contributed by atoms with Crippen molar-refractivity contribution in [3.05, 3.63) is 65.7 Å². The highest BCUT2D eigenvalue weighted by molar-refractivity contribution is 8.14. The zero-order chi connectivity index (χ0) is 23.1. The Labute approximate surface area is 198 Å². The van der Waals surface area contributed by atoms with Gasteiger partial charge in [0.25, 0.3) is 5.91 Å². The molecule has 33 heavy (non-hydrogen) atoms. The van der Waals surface area contributed by atoms with E-state index in [0.29, 0.717) is 23.0 Å². The first kappa shape index (κ1) is 23.2. The first-order valence-electron chi connectivity index (χ1n) is 11.2. The van der Waals surface area contributed by atoms with Gasteiger partial charge < -0.3 is 14.8 Å². The molecule has 1 aliphatic carbocycles. The van der Waals surface area contributed by atoms with E-state index < -0.39 is 6.09 Å². The van der Waals surface area contributed by atoms with Crippen molar-refractivity contribution in [1.29, 1.82) is 0 Å². The van der Waals surface area contributed by atoms with Gasteiger partial charge >= 0.3 is 6.09 Å². The van der Waals surface area contributed by atoms with Crippen LogP contribution in [0.5, 0.6) is 5.75 Å². The van der Waals surface area contributed by atoms with Gasteiger partial charge in [0.1, 0.15) is 11.9 Å². The number of nitrogens with zero attached hydrogens (tertiary/aromatic N) is 1. The molecule has 0 spiro atoms. The Morgan fingerprint density at radius 2 is 1.82 bits per heavy atom. The molecule has 2 N–H and O–H groups in total. The lowest BCUT2D eigenvalue weighted by atomic mass is 9.68. The van der Waals surface area contributed by atoms with Crippen molar-refractivity contribution < 1.29 is 19.1 Å². The Morgan fingerprint density at radius 3 is 2.52 bits per heavy atom. The van der Waals surface area contributed by atoms with Gasteiger partial charge in [-0.2, -0.15) is 0 Å². The number of aliphatic imine (C=N–C) groups is 1. The second-order valence-corrected chi connectivity index (χ2v) is 9.38. The van der Waals surface area contributed by atoms with E-state index in [1.165, 1.54) is 17.3 Å². The third-order valence-electron chi connectivity index (χ3n) is 6.28. The Balaban J connectivity index is 1.41. The number of nitrogens with one attached hydrogen (secondary N) is 2. The molecule has 0 unspecified atom stereocenters. The number of amides is 2. The molecule has 174 valence electrons. The van der Waals surface area contributed by atoms with Crippen LogP contribution in [-0.2, 0) is 10.2 Å². The Kier molecular flexibility index (Phi) is 7.54. The Morgan fingerprint density at radius 1 is 1.09 bits per heavy atom. The average Bonchev–Trinajstić information content (AvgIpc) is 3.37. The van der Waals surface area contributed by atoms with E-state index in [9.17, 15) is 9.59 Å². The van der Waals surface area contributed by atoms with Crippen LogP contribution in [0.4, 0.5) is 4.79 Å². The van der Waals surface area contributed by atoms with Crippen LogP contribution in [0.3, 0.4) is 0 Å². The molecule has 4 rings (SSSR count).